The summed E-state index contributed by atoms with van der Waals surface area (Å²) in [6, 6.07) is 9.66. The summed E-state index contributed by atoms with van der Waals surface area (Å²) in [7, 11) is 0. The van der Waals surface area contributed by atoms with Crippen LogP contribution in [-0.4, -0.2) is 16.8 Å². The molecule has 1 saturated carbocycles. The van der Waals surface area contributed by atoms with Crippen LogP contribution in [0.4, 0.5) is 10.2 Å². The molecule has 0 spiro atoms. The lowest BCUT2D eigenvalue weighted by Crippen LogP contribution is -2.31. The zero-order valence-electron chi connectivity index (χ0n) is 14.5. The van der Waals surface area contributed by atoms with Crippen molar-refractivity contribution in [1.82, 2.24) is 10.3 Å². The molecule has 26 heavy (non-hydrogen) atoms. The van der Waals surface area contributed by atoms with Gasteiger partial charge in [-0.3, -0.25) is 9.59 Å². The Morgan fingerprint density at radius 2 is 1.77 bits per heavy atom. The van der Waals surface area contributed by atoms with Crippen molar-refractivity contribution in [2.45, 2.75) is 38.6 Å². The Hall–Kier alpha value is -2.76. The largest absolute Gasteiger partial charge is 0.352 e. The van der Waals surface area contributed by atoms with E-state index in [1.165, 1.54) is 18.6 Å². The van der Waals surface area contributed by atoms with E-state index in [-0.39, 0.29) is 17.7 Å². The molecule has 1 fully saturated rings. The van der Waals surface area contributed by atoms with Crippen molar-refractivity contribution in [1.29, 1.82) is 0 Å². The molecule has 3 rings (SSSR count). The van der Waals surface area contributed by atoms with E-state index in [4.69, 9.17) is 0 Å². The predicted molar refractivity (Wildman–Crippen MR) is 97.0 cm³/mol. The molecule has 0 aliphatic heterocycles. The van der Waals surface area contributed by atoms with Crippen LogP contribution in [0.15, 0.2) is 42.6 Å². The van der Waals surface area contributed by atoms with E-state index in [1.807, 2.05) is 12.1 Å². The number of carbonyl (C=O) groups is 2. The molecule has 1 aliphatic rings. The highest BCUT2D eigenvalue weighted by molar-refractivity contribution is 6.03. The zero-order chi connectivity index (χ0) is 18.4. The van der Waals surface area contributed by atoms with Crippen molar-refractivity contribution in [2.75, 3.05) is 5.32 Å². The summed E-state index contributed by atoms with van der Waals surface area (Å²) in [5, 5.41) is 5.59. The molecule has 0 radical (unpaired) electrons. The van der Waals surface area contributed by atoms with Gasteiger partial charge in [0.1, 0.15) is 11.6 Å². The number of nitrogens with zero attached hydrogens (tertiary/aromatic N) is 1. The predicted octanol–water partition coefficient (Wildman–Crippen LogP) is 3.67. The first-order valence-corrected chi connectivity index (χ1v) is 8.91. The third kappa shape index (κ3) is 4.88. The van der Waals surface area contributed by atoms with Gasteiger partial charge in [0.05, 0.1) is 6.20 Å². The molecule has 0 unspecified atom stereocenters. The molecule has 0 saturated heterocycles. The minimum atomic E-state index is -0.456. The minimum Gasteiger partial charge on any atom is -0.352 e. The van der Waals surface area contributed by atoms with E-state index in [2.05, 4.69) is 15.6 Å². The van der Waals surface area contributed by atoms with Crippen LogP contribution in [0.2, 0.25) is 0 Å². The Balaban J connectivity index is 1.51. The molecule has 1 heterocycles. The van der Waals surface area contributed by atoms with Crippen molar-refractivity contribution in [2.24, 2.45) is 5.92 Å². The number of halogens is 1. The first-order chi connectivity index (χ1) is 12.6. The molecule has 5 nitrogen and oxygen atoms in total. The fraction of sp³-hybridized carbons (Fsp3) is 0.350. The Labute approximate surface area is 152 Å². The molecule has 1 aromatic heterocycles. The highest BCUT2D eigenvalue weighted by atomic mass is 19.1. The number of pyridine rings is 1. The van der Waals surface area contributed by atoms with E-state index in [0.717, 1.165) is 37.4 Å². The van der Waals surface area contributed by atoms with Gasteiger partial charge in [-0.1, -0.05) is 31.4 Å². The van der Waals surface area contributed by atoms with Crippen molar-refractivity contribution in [3.63, 3.8) is 0 Å². The van der Waals surface area contributed by atoms with Gasteiger partial charge in [-0.25, -0.2) is 9.37 Å². The Kier molecular flexibility index (Phi) is 5.94. The minimum absolute atomic E-state index is 0.119. The smallest absolute Gasteiger partial charge is 0.256 e. The summed E-state index contributed by atoms with van der Waals surface area (Å²) in [5.74, 6) is -0.226. The average Bonchev–Trinajstić information content (AvgIpc) is 2.69. The number of hydrogen-bond acceptors (Lipinski definition) is 3. The second-order valence-electron chi connectivity index (χ2n) is 6.57. The fourth-order valence-corrected chi connectivity index (χ4v) is 3.11. The zero-order valence-corrected chi connectivity index (χ0v) is 14.5. The van der Waals surface area contributed by atoms with Gasteiger partial charge in [0.2, 0.25) is 5.91 Å². The standard InChI is InChI=1S/C20H22FN3O2/c21-17-10-11-18(22-13-17)24-20(26)16-8-6-14(7-9-16)12-23-19(25)15-4-2-1-3-5-15/h6-11,13,15H,1-5,12H2,(H,23,25)(H,22,24,26). The molecule has 2 N–H and O–H groups in total. The highest BCUT2D eigenvalue weighted by Gasteiger charge is 2.20. The van der Waals surface area contributed by atoms with Crippen LogP contribution in [-0.2, 0) is 11.3 Å². The number of hydrogen-bond donors (Lipinski definition) is 2. The Morgan fingerprint density at radius 3 is 2.42 bits per heavy atom. The maximum absolute atomic E-state index is 12.8. The number of nitrogens with one attached hydrogen (secondary N) is 2. The van der Waals surface area contributed by atoms with E-state index in [1.54, 1.807) is 12.1 Å². The summed E-state index contributed by atoms with van der Waals surface area (Å²) < 4.78 is 12.8. The quantitative estimate of drug-likeness (QED) is 0.860. The first-order valence-electron chi connectivity index (χ1n) is 8.91. The van der Waals surface area contributed by atoms with Gasteiger partial charge in [-0.2, -0.15) is 0 Å². The van der Waals surface area contributed by atoms with Crippen LogP contribution in [0.1, 0.15) is 48.0 Å². The second kappa shape index (κ2) is 8.56. The summed E-state index contributed by atoms with van der Waals surface area (Å²) in [6.07, 6.45) is 6.48. The van der Waals surface area contributed by atoms with Gasteiger partial charge in [0, 0.05) is 18.0 Å². The summed E-state index contributed by atoms with van der Waals surface area (Å²) >= 11 is 0. The third-order valence-electron chi connectivity index (χ3n) is 4.63. The molecule has 1 aromatic carbocycles. The van der Waals surface area contributed by atoms with E-state index in [0.29, 0.717) is 17.9 Å². The van der Waals surface area contributed by atoms with Crippen LogP contribution < -0.4 is 10.6 Å². The number of aromatic nitrogens is 1. The highest BCUT2D eigenvalue weighted by Crippen LogP contribution is 2.23. The lowest BCUT2D eigenvalue weighted by molar-refractivity contribution is -0.126. The lowest BCUT2D eigenvalue weighted by atomic mass is 9.88. The van der Waals surface area contributed by atoms with Gasteiger partial charge >= 0.3 is 0 Å². The third-order valence-corrected chi connectivity index (χ3v) is 4.63. The maximum Gasteiger partial charge on any atom is 0.256 e. The number of rotatable bonds is 5. The van der Waals surface area contributed by atoms with E-state index < -0.39 is 5.82 Å². The van der Waals surface area contributed by atoms with Gasteiger partial charge in [-0.15, -0.1) is 0 Å². The SMILES string of the molecule is O=C(Nc1ccc(F)cn1)c1ccc(CNC(=O)C2CCCCC2)cc1. The van der Waals surface area contributed by atoms with Crippen LogP contribution in [0.5, 0.6) is 0 Å². The molecule has 0 bridgehead atoms. The monoisotopic (exact) mass is 355 g/mol. The second-order valence-corrected chi connectivity index (χ2v) is 6.57. The van der Waals surface area contributed by atoms with Crippen molar-refractivity contribution >= 4 is 17.6 Å². The van der Waals surface area contributed by atoms with Crippen LogP contribution in [0.3, 0.4) is 0 Å². The lowest BCUT2D eigenvalue weighted by Gasteiger charge is -2.20. The fourth-order valence-electron chi connectivity index (χ4n) is 3.11. The van der Waals surface area contributed by atoms with Crippen molar-refractivity contribution in [3.8, 4) is 0 Å². The summed E-state index contributed by atoms with van der Waals surface area (Å²) in [5.41, 5.74) is 1.41. The van der Waals surface area contributed by atoms with Gasteiger partial charge in [0.15, 0.2) is 0 Å². The van der Waals surface area contributed by atoms with Crippen molar-refractivity contribution < 1.29 is 14.0 Å². The topological polar surface area (TPSA) is 71.1 Å². The van der Waals surface area contributed by atoms with Crippen molar-refractivity contribution in [3.05, 3.63) is 59.5 Å². The molecule has 0 atom stereocenters. The number of carbonyl (C=O) groups excluding carboxylic acids is 2. The van der Waals surface area contributed by atoms with E-state index >= 15 is 0 Å². The Bertz CT molecular complexity index is 754. The molecule has 2 aromatic rings. The number of benzene rings is 1. The Morgan fingerprint density at radius 1 is 1.04 bits per heavy atom. The van der Waals surface area contributed by atoms with E-state index in [9.17, 15) is 14.0 Å². The van der Waals surface area contributed by atoms with Gasteiger partial charge in [0.25, 0.3) is 5.91 Å². The van der Waals surface area contributed by atoms with Gasteiger partial charge < -0.3 is 10.6 Å². The normalized spacial score (nSPS) is 14.7. The molecule has 1 aliphatic carbocycles. The average molecular weight is 355 g/mol. The summed E-state index contributed by atoms with van der Waals surface area (Å²) in [6.45, 7) is 0.455. The van der Waals surface area contributed by atoms with Crippen LogP contribution in [0.25, 0.3) is 0 Å². The van der Waals surface area contributed by atoms with Crippen LogP contribution in [0, 0.1) is 11.7 Å². The molecular formula is C20H22FN3O2. The van der Waals surface area contributed by atoms with Crippen LogP contribution >= 0.6 is 0 Å². The van der Waals surface area contributed by atoms with Gasteiger partial charge in [-0.05, 0) is 42.7 Å². The number of anilines is 1. The number of amides is 2. The summed E-state index contributed by atoms with van der Waals surface area (Å²) in [4.78, 5) is 28.1. The molecular weight excluding hydrogens is 333 g/mol. The first kappa shape index (κ1) is 18.0. The maximum atomic E-state index is 12.8. The molecule has 2 amide bonds. The molecule has 136 valence electrons. The molecule has 6 heteroatoms.